The number of hydrogen-bond donors (Lipinski definition) is 0. The highest BCUT2D eigenvalue weighted by Gasteiger charge is 2.25. The lowest BCUT2D eigenvalue weighted by Gasteiger charge is -2.19. The van der Waals surface area contributed by atoms with Crippen LogP contribution in [0.5, 0.6) is 0 Å². The first-order chi connectivity index (χ1) is 10.4. The van der Waals surface area contributed by atoms with Crippen LogP contribution in [-0.4, -0.2) is 19.7 Å². The average molecular weight is 330 g/mol. The van der Waals surface area contributed by atoms with Crippen LogP contribution < -0.4 is 0 Å². The lowest BCUT2D eigenvalue weighted by Crippen LogP contribution is -2.18. The van der Waals surface area contributed by atoms with Gasteiger partial charge in [0.05, 0.1) is 0 Å². The minimum atomic E-state index is -0.0829. The summed E-state index contributed by atoms with van der Waals surface area (Å²) >= 11 is 3.20. The first-order valence-electron chi connectivity index (χ1n) is 7.06. The van der Waals surface area contributed by atoms with Crippen molar-refractivity contribution in [2.45, 2.75) is 42.6 Å². The molecule has 3 aromatic rings. The highest BCUT2D eigenvalue weighted by atomic mass is 32.2. The molecule has 0 saturated carbocycles. The second-order valence-corrected chi connectivity index (χ2v) is 8.16. The van der Waals surface area contributed by atoms with Gasteiger partial charge in [-0.25, -0.2) is 4.98 Å². The van der Waals surface area contributed by atoms with E-state index >= 15 is 0 Å². The fraction of sp³-hybridized carbons (Fsp3) is 0.312. The fourth-order valence-electron chi connectivity index (χ4n) is 2.09. The first kappa shape index (κ1) is 15.2. The van der Waals surface area contributed by atoms with Crippen LogP contribution in [-0.2, 0) is 5.41 Å². The largest absolute Gasteiger partial charge is 0.273 e. The van der Waals surface area contributed by atoms with Gasteiger partial charge in [0.2, 0.25) is 5.16 Å². The van der Waals surface area contributed by atoms with Gasteiger partial charge in [-0.2, -0.15) is 0 Å². The predicted octanol–water partition coefficient (Wildman–Crippen LogP) is 4.48. The average Bonchev–Trinajstić information content (AvgIpc) is 3.06. The molecule has 2 aromatic heterocycles. The van der Waals surface area contributed by atoms with Crippen LogP contribution in [0.4, 0.5) is 0 Å². The van der Waals surface area contributed by atoms with Crippen LogP contribution >= 0.6 is 23.1 Å². The monoisotopic (exact) mass is 330 g/mol. The van der Waals surface area contributed by atoms with Crippen molar-refractivity contribution in [1.82, 2.24) is 19.7 Å². The molecule has 0 radical (unpaired) electrons. The van der Waals surface area contributed by atoms with E-state index in [0.29, 0.717) is 0 Å². The number of para-hydroxylation sites is 1. The third-order valence-corrected chi connectivity index (χ3v) is 5.10. The number of aryl methyl sites for hydroxylation is 1. The maximum absolute atomic E-state index is 4.51. The summed E-state index contributed by atoms with van der Waals surface area (Å²) < 4.78 is 3.11. The lowest BCUT2D eigenvalue weighted by atomic mass is 9.95. The van der Waals surface area contributed by atoms with Crippen LogP contribution in [0.3, 0.4) is 0 Å². The number of rotatable bonds is 3. The molecule has 0 fully saturated rings. The van der Waals surface area contributed by atoms with Crippen molar-refractivity contribution < 1.29 is 0 Å². The van der Waals surface area contributed by atoms with Gasteiger partial charge in [0.25, 0.3) is 0 Å². The molecule has 2 heterocycles. The number of thiazole rings is 1. The Morgan fingerprint density at radius 2 is 1.82 bits per heavy atom. The summed E-state index contributed by atoms with van der Waals surface area (Å²) in [4.78, 5) is 4.51. The van der Waals surface area contributed by atoms with Crippen molar-refractivity contribution in [3.63, 3.8) is 0 Å². The highest BCUT2D eigenvalue weighted by molar-refractivity contribution is 8.00. The van der Waals surface area contributed by atoms with E-state index in [9.17, 15) is 0 Å². The zero-order valence-electron chi connectivity index (χ0n) is 13.1. The zero-order chi connectivity index (χ0) is 15.7. The SMILES string of the molecule is Cc1csc(Sc2nnc(C(C)(C)C)n2-c2ccccc2)n1. The van der Waals surface area contributed by atoms with E-state index in [1.807, 2.05) is 25.1 Å². The van der Waals surface area contributed by atoms with Gasteiger partial charge in [-0.15, -0.1) is 21.5 Å². The van der Waals surface area contributed by atoms with E-state index in [-0.39, 0.29) is 5.41 Å². The lowest BCUT2D eigenvalue weighted by molar-refractivity contribution is 0.529. The molecule has 0 saturated heterocycles. The van der Waals surface area contributed by atoms with Gasteiger partial charge in [0, 0.05) is 22.2 Å². The summed E-state index contributed by atoms with van der Waals surface area (Å²) in [6.07, 6.45) is 0. The van der Waals surface area contributed by atoms with Crippen LogP contribution in [0.1, 0.15) is 32.3 Å². The quantitative estimate of drug-likeness (QED) is 0.710. The van der Waals surface area contributed by atoms with Crippen molar-refractivity contribution in [3.05, 3.63) is 47.2 Å². The summed E-state index contributed by atoms with van der Waals surface area (Å²) in [7, 11) is 0. The number of benzene rings is 1. The van der Waals surface area contributed by atoms with E-state index < -0.39 is 0 Å². The molecule has 4 nitrogen and oxygen atoms in total. The second kappa shape index (κ2) is 5.85. The van der Waals surface area contributed by atoms with Crippen LogP contribution in [0.2, 0.25) is 0 Å². The number of aromatic nitrogens is 4. The summed E-state index contributed by atoms with van der Waals surface area (Å²) in [5.41, 5.74) is 2.03. The summed E-state index contributed by atoms with van der Waals surface area (Å²) in [5.74, 6) is 0.953. The molecule has 0 aliphatic carbocycles. The van der Waals surface area contributed by atoms with Crippen molar-refractivity contribution in [3.8, 4) is 5.69 Å². The Labute approximate surface area is 138 Å². The molecule has 0 bridgehead atoms. The van der Waals surface area contributed by atoms with E-state index in [2.05, 4.69) is 58.0 Å². The Hall–Kier alpha value is -1.66. The normalized spacial score (nSPS) is 11.8. The maximum Gasteiger partial charge on any atom is 0.202 e. The van der Waals surface area contributed by atoms with E-state index in [0.717, 1.165) is 26.7 Å². The minimum absolute atomic E-state index is 0.0829. The molecular formula is C16H18N4S2. The molecule has 1 aromatic carbocycles. The molecule has 0 unspecified atom stereocenters. The summed E-state index contributed by atoms with van der Waals surface area (Å²) in [6, 6.07) is 10.2. The van der Waals surface area contributed by atoms with E-state index in [4.69, 9.17) is 0 Å². The van der Waals surface area contributed by atoms with Gasteiger partial charge >= 0.3 is 0 Å². The van der Waals surface area contributed by atoms with Crippen molar-refractivity contribution in [2.24, 2.45) is 0 Å². The fourth-order valence-corrected chi connectivity index (χ4v) is 3.88. The molecule has 0 aliphatic rings. The molecular weight excluding hydrogens is 312 g/mol. The molecule has 0 spiro atoms. The Morgan fingerprint density at radius 3 is 2.41 bits per heavy atom. The molecule has 0 N–H and O–H groups in total. The summed E-state index contributed by atoms with van der Waals surface area (Å²) in [5, 5.41) is 11.7. The molecule has 0 atom stereocenters. The van der Waals surface area contributed by atoms with E-state index in [1.54, 1.807) is 23.1 Å². The van der Waals surface area contributed by atoms with Crippen LogP contribution in [0.25, 0.3) is 5.69 Å². The van der Waals surface area contributed by atoms with Crippen LogP contribution in [0.15, 0.2) is 45.2 Å². The molecule has 22 heavy (non-hydrogen) atoms. The first-order valence-corrected chi connectivity index (χ1v) is 8.76. The highest BCUT2D eigenvalue weighted by Crippen LogP contribution is 2.33. The minimum Gasteiger partial charge on any atom is -0.273 e. The zero-order valence-corrected chi connectivity index (χ0v) is 14.7. The smallest absolute Gasteiger partial charge is 0.202 e. The summed E-state index contributed by atoms with van der Waals surface area (Å²) in [6.45, 7) is 8.46. The Bertz CT molecular complexity index is 769. The number of nitrogens with zero attached hydrogens (tertiary/aromatic N) is 4. The Kier molecular flexibility index (Phi) is 4.06. The Balaban J connectivity index is 2.09. The molecule has 0 amide bonds. The van der Waals surface area contributed by atoms with E-state index in [1.165, 1.54) is 0 Å². The molecule has 6 heteroatoms. The van der Waals surface area contributed by atoms with Crippen molar-refractivity contribution >= 4 is 23.1 Å². The van der Waals surface area contributed by atoms with Gasteiger partial charge in [0.1, 0.15) is 5.82 Å². The van der Waals surface area contributed by atoms with Crippen molar-refractivity contribution in [1.29, 1.82) is 0 Å². The molecule has 0 aliphatic heterocycles. The predicted molar refractivity (Wildman–Crippen MR) is 91.0 cm³/mol. The van der Waals surface area contributed by atoms with Crippen molar-refractivity contribution in [2.75, 3.05) is 0 Å². The van der Waals surface area contributed by atoms with Gasteiger partial charge in [-0.05, 0) is 30.8 Å². The Morgan fingerprint density at radius 1 is 1.09 bits per heavy atom. The topological polar surface area (TPSA) is 43.6 Å². The van der Waals surface area contributed by atoms with Gasteiger partial charge in [-0.1, -0.05) is 39.0 Å². The number of hydrogen-bond acceptors (Lipinski definition) is 5. The maximum atomic E-state index is 4.51. The standard InChI is InChI=1S/C16H18N4S2/c1-11-10-21-15(17-11)22-14-19-18-13(16(2,3)4)20(14)12-8-6-5-7-9-12/h5-10H,1-4H3. The molecule has 3 rings (SSSR count). The van der Waals surface area contributed by atoms with Gasteiger partial charge in [0.15, 0.2) is 4.34 Å². The molecule has 114 valence electrons. The van der Waals surface area contributed by atoms with Gasteiger partial charge < -0.3 is 0 Å². The van der Waals surface area contributed by atoms with Crippen LogP contribution in [0, 0.1) is 6.92 Å². The third kappa shape index (κ3) is 3.08. The second-order valence-electron chi connectivity index (χ2n) is 6.08. The van der Waals surface area contributed by atoms with Gasteiger partial charge in [-0.3, -0.25) is 4.57 Å². The third-order valence-electron chi connectivity index (χ3n) is 3.10.